The van der Waals surface area contributed by atoms with Gasteiger partial charge in [0.1, 0.15) is 5.82 Å². The minimum Gasteiger partial charge on any atom is -0.267 e. The predicted molar refractivity (Wildman–Crippen MR) is 65.8 cm³/mol. The van der Waals surface area contributed by atoms with Crippen LogP contribution in [0.2, 0.25) is 0 Å². The number of benzene rings is 1. The van der Waals surface area contributed by atoms with Gasteiger partial charge in [-0.1, -0.05) is 12.1 Å². The molecule has 3 nitrogen and oxygen atoms in total. The molecule has 0 radical (unpaired) electrons. The van der Waals surface area contributed by atoms with Crippen LogP contribution in [0.25, 0.3) is 0 Å². The summed E-state index contributed by atoms with van der Waals surface area (Å²) in [4.78, 5) is 11.5. The molecule has 0 bridgehead atoms. The molecule has 0 aliphatic heterocycles. The Hall–Kier alpha value is -2.01. The molecule has 0 fully saturated rings. The number of hydrogen-bond donors (Lipinski definition) is 1. The van der Waals surface area contributed by atoms with Gasteiger partial charge in [-0.3, -0.25) is 4.79 Å². The predicted octanol–water partition coefficient (Wildman–Crippen LogP) is 2.65. The van der Waals surface area contributed by atoms with E-state index in [-0.39, 0.29) is 5.56 Å². The van der Waals surface area contributed by atoms with Crippen molar-refractivity contribution in [1.82, 2.24) is 5.43 Å². The first-order valence-electron chi connectivity index (χ1n) is 4.87. The monoisotopic (exact) mass is 248 g/mol. The van der Waals surface area contributed by atoms with E-state index < -0.39 is 11.7 Å². The highest BCUT2D eigenvalue weighted by atomic mass is 32.1. The number of rotatable bonds is 3. The van der Waals surface area contributed by atoms with Crippen molar-refractivity contribution >= 4 is 23.5 Å². The second-order valence-corrected chi connectivity index (χ2v) is 4.02. The molecule has 0 aliphatic rings. The van der Waals surface area contributed by atoms with Crippen molar-refractivity contribution in [3.8, 4) is 0 Å². The maximum absolute atomic E-state index is 13.2. The molecule has 0 atom stereocenters. The lowest BCUT2D eigenvalue weighted by Gasteiger charge is -2.00. The number of carbonyl (C=O) groups excluding carboxylic acids is 1. The molecule has 0 spiro atoms. The van der Waals surface area contributed by atoms with E-state index in [0.717, 1.165) is 5.56 Å². The molecule has 1 aromatic heterocycles. The van der Waals surface area contributed by atoms with Gasteiger partial charge < -0.3 is 0 Å². The summed E-state index contributed by atoms with van der Waals surface area (Å²) >= 11 is 1.53. The summed E-state index contributed by atoms with van der Waals surface area (Å²) in [5, 5.41) is 7.54. The lowest BCUT2D eigenvalue weighted by Crippen LogP contribution is -2.18. The zero-order chi connectivity index (χ0) is 12.1. The molecule has 2 rings (SSSR count). The van der Waals surface area contributed by atoms with Crippen molar-refractivity contribution in [3.63, 3.8) is 0 Å². The van der Waals surface area contributed by atoms with E-state index in [1.807, 2.05) is 16.8 Å². The van der Waals surface area contributed by atoms with Crippen LogP contribution in [0.4, 0.5) is 4.39 Å². The van der Waals surface area contributed by atoms with Crippen LogP contribution < -0.4 is 5.43 Å². The summed E-state index contributed by atoms with van der Waals surface area (Å²) in [6, 6.07) is 7.63. The summed E-state index contributed by atoms with van der Waals surface area (Å²) in [5.74, 6) is -1.12. The van der Waals surface area contributed by atoms with E-state index in [1.54, 1.807) is 6.07 Å². The second kappa shape index (κ2) is 5.36. The van der Waals surface area contributed by atoms with Gasteiger partial charge in [0, 0.05) is 5.56 Å². The van der Waals surface area contributed by atoms with Crippen molar-refractivity contribution in [2.24, 2.45) is 5.10 Å². The van der Waals surface area contributed by atoms with E-state index in [9.17, 15) is 9.18 Å². The minimum absolute atomic E-state index is 0.0185. The number of thiophene rings is 1. The fraction of sp³-hybridized carbons (Fsp3) is 0. The molecule has 0 aliphatic carbocycles. The van der Waals surface area contributed by atoms with Crippen LogP contribution in [0.15, 0.2) is 46.2 Å². The number of amides is 1. The van der Waals surface area contributed by atoms with E-state index >= 15 is 0 Å². The van der Waals surface area contributed by atoms with Crippen LogP contribution in [0.1, 0.15) is 15.9 Å². The lowest BCUT2D eigenvalue weighted by molar-refractivity contribution is 0.0951. The van der Waals surface area contributed by atoms with Crippen LogP contribution >= 0.6 is 11.3 Å². The molecule has 0 unspecified atom stereocenters. The van der Waals surface area contributed by atoms with Gasteiger partial charge in [-0.05, 0) is 29.0 Å². The maximum Gasteiger partial charge on any atom is 0.274 e. The first-order chi connectivity index (χ1) is 8.27. The molecular weight excluding hydrogens is 239 g/mol. The van der Waals surface area contributed by atoms with Gasteiger partial charge in [0.25, 0.3) is 5.91 Å². The first-order valence-corrected chi connectivity index (χ1v) is 5.82. The minimum atomic E-state index is -0.561. The summed E-state index contributed by atoms with van der Waals surface area (Å²) < 4.78 is 13.2. The number of carbonyl (C=O) groups is 1. The standard InChI is InChI=1S/C12H9FN2OS/c13-11-4-2-1-3-10(11)12(16)15-14-7-9-5-6-17-8-9/h1-8H,(H,15,16). The van der Waals surface area contributed by atoms with Crippen LogP contribution in [0, 0.1) is 5.82 Å². The highest BCUT2D eigenvalue weighted by molar-refractivity contribution is 7.08. The van der Waals surface area contributed by atoms with Crippen molar-refractivity contribution in [1.29, 1.82) is 0 Å². The molecule has 1 N–H and O–H groups in total. The molecular formula is C12H9FN2OS. The fourth-order valence-electron chi connectivity index (χ4n) is 1.22. The van der Waals surface area contributed by atoms with Gasteiger partial charge in [0.15, 0.2) is 0 Å². The Labute approximate surface area is 102 Å². The molecule has 0 saturated heterocycles. The quantitative estimate of drug-likeness (QED) is 0.658. The van der Waals surface area contributed by atoms with Crippen LogP contribution in [0.3, 0.4) is 0 Å². The molecule has 17 heavy (non-hydrogen) atoms. The smallest absolute Gasteiger partial charge is 0.267 e. The molecule has 1 amide bonds. The summed E-state index contributed by atoms with van der Waals surface area (Å²) in [7, 11) is 0. The number of nitrogens with zero attached hydrogens (tertiary/aromatic N) is 1. The largest absolute Gasteiger partial charge is 0.274 e. The highest BCUT2D eigenvalue weighted by Crippen LogP contribution is 2.06. The normalized spacial score (nSPS) is 10.6. The average Bonchev–Trinajstić information content (AvgIpc) is 2.82. The summed E-state index contributed by atoms with van der Waals surface area (Å²) in [6.45, 7) is 0. The van der Waals surface area contributed by atoms with Crippen molar-refractivity contribution in [2.45, 2.75) is 0 Å². The van der Waals surface area contributed by atoms with Crippen molar-refractivity contribution in [2.75, 3.05) is 0 Å². The van der Waals surface area contributed by atoms with Crippen LogP contribution in [-0.2, 0) is 0 Å². The second-order valence-electron chi connectivity index (χ2n) is 3.24. The number of nitrogens with one attached hydrogen (secondary N) is 1. The van der Waals surface area contributed by atoms with E-state index in [4.69, 9.17) is 0 Å². The summed E-state index contributed by atoms with van der Waals surface area (Å²) in [5.41, 5.74) is 3.15. The van der Waals surface area contributed by atoms with Gasteiger partial charge in [-0.25, -0.2) is 9.82 Å². The van der Waals surface area contributed by atoms with E-state index in [0.29, 0.717) is 0 Å². The van der Waals surface area contributed by atoms with Gasteiger partial charge in [0.2, 0.25) is 0 Å². The van der Waals surface area contributed by atoms with Gasteiger partial charge in [-0.2, -0.15) is 16.4 Å². The lowest BCUT2D eigenvalue weighted by atomic mass is 10.2. The van der Waals surface area contributed by atoms with Crippen LogP contribution in [-0.4, -0.2) is 12.1 Å². The number of halogens is 1. The Balaban J connectivity index is 2.01. The molecule has 0 saturated carbocycles. The Bertz CT molecular complexity index is 537. The third-order valence-corrected chi connectivity index (χ3v) is 2.74. The molecule has 2 aromatic rings. The zero-order valence-electron chi connectivity index (χ0n) is 8.76. The Morgan fingerprint density at radius 2 is 2.18 bits per heavy atom. The highest BCUT2D eigenvalue weighted by Gasteiger charge is 2.08. The molecule has 1 aromatic carbocycles. The Kier molecular flexibility index (Phi) is 3.62. The fourth-order valence-corrected chi connectivity index (χ4v) is 1.83. The van der Waals surface area contributed by atoms with Gasteiger partial charge in [-0.15, -0.1) is 0 Å². The van der Waals surface area contributed by atoms with E-state index in [1.165, 1.54) is 35.8 Å². The zero-order valence-corrected chi connectivity index (χ0v) is 9.58. The third-order valence-electron chi connectivity index (χ3n) is 2.04. The molecule has 1 heterocycles. The van der Waals surface area contributed by atoms with E-state index in [2.05, 4.69) is 10.5 Å². The number of hydrogen-bond acceptors (Lipinski definition) is 3. The molecule has 5 heteroatoms. The van der Waals surface area contributed by atoms with Gasteiger partial charge in [0.05, 0.1) is 11.8 Å². The van der Waals surface area contributed by atoms with Crippen molar-refractivity contribution < 1.29 is 9.18 Å². The topological polar surface area (TPSA) is 41.5 Å². The average molecular weight is 248 g/mol. The molecule has 86 valence electrons. The number of hydrazone groups is 1. The van der Waals surface area contributed by atoms with Crippen LogP contribution in [0.5, 0.6) is 0 Å². The maximum atomic E-state index is 13.2. The van der Waals surface area contributed by atoms with Gasteiger partial charge >= 0.3 is 0 Å². The SMILES string of the molecule is O=C(NN=Cc1ccsc1)c1ccccc1F. The Morgan fingerprint density at radius 3 is 2.88 bits per heavy atom. The first kappa shape index (κ1) is 11.5. The van der Waals surface area contributed by atoms with Crippen molar-refractivity contribution in [3.05, 3.63) is 58.0 Å². The summed E-state index contributed by atoms with van der Waals surface area (Å²) in [6.07, 6.45) is 1.51. The third kappa shape index (κ3) is 2.98. The Morgan fingerprint density at radius 1 is 1.35 bits per heavy atom.